The van der Waals surface area contributed by atoms with Crippen LogP contribution in [0.15, 0.2) is 41.3 Å². The number of amides is 1. The molecule has 0 N–H and O–H groups in total. The molecule has 0 spiro atoms. The average molecular weight is 459 g/mol. The van der Waals surface area contributed by atoms with Gasteiger partial charge in [0.05, 0.1) is 33.3 Å². The van der Waals surface area contributed by atoms with E-state index in [9.17, 15) is 4.79 Å². The average Bonchev–Trinajstić information content (AvgIpc) is 3.47. The monoisotopic (exact) mass is 458 g/mol. The summed E-state index contributed by atoms with van der Waals surface area (Å²) in [6.07, 6.45) is 4.34. The van der Waals surface area contributed by atoms with Crippen LogP contribution in [0.3, 0.4) is 0 Å². The number of anilines is 1. The fourth-order valence-corrected chi connectivity index (χ4v) is 5.19. The first kappa shape index (κ1) is 21.9. The third-order valence-corrected chi connectivity index (χ3v) is 7.19. The SMILES string of the molecule is COc1ccc(OC)c2sc(N(CC3CCCO3)C(=O)Cc3ccc(SC)cc3)nc12. The molecule has 0 aliphatic carbocycles. The number of carbonyl (C=O) groups is 1. The van der Waals surface area contributed by atoms with Crippen LogP contribution < -0.4 is 14.4 Å². The van der Waals surface area contributed by atoms with Crippen molar-refractivity contribution in [3.05, 3.63) is 42.0 Å². The third kappa shape index (κ3) is 4.81. The summed E-state index contributed by atoms with van der Waals surface area (Å²) < 4.78 is 17.7. The van der Waals surface area contributed by atoms with Crippen molar-refractivity contribution in [2.45, 2.75) is 30.3 Å². The molecule has 1 unspecified atom stereocenters. The summed E-state index contributed by atoms with van der Waals surface area (Å²) in [6.45, 7) is 1.23. The van der Waals surface area contributed by atoms with Gasteiger partial charge in [-0.25, -0.2) is 4.98 Å². The number of methoxy groups -OCH3 is 2. The zero-order valence-electron chi connectivity index (χ0n) is 17.9. The van der Waals surface area contributed by atoms with Crippen molar-refractivity contribution in [2.75, 3.05) is 38.5 Å². The lowest BCUT2D eigenvalue weighted by molar-refractivity contribution is -0.118. The van der Waals surface area contributed by atoms with Gasteiger partial charge in [0.15, 0.2) is 5.13 Å². The van der Waals surface area contributed by atoms with Crippen molar-refractivity contribution in [1.82, 2.24) is 4.98 Å². The summed E-state index contributed by atoms with van der Waals surface area (Å²) in [5.74, 6) is 1.39. The Morgan fingerprint density at radius 2 is 1.94 bits per heavy atom. The van der Waals surface area contributed by atoms with E-state index in [1.807, 2.05) is 42.7 Å². The van der Waals surface area contributed by atoms with Crippen LogP contribution in [-0.4, -0.2) is 50.6 Å². The van der Waals surface area contributed by atoms with Crippen molar-refractivity contribution in [2.24, 2.45) is 0 Å². The number of carbonyl (C=O) groups excluding carboxylic acids is 1. The Kier molecular flexibility index (Phi) is 6.99. The van der Waals surface area contributed by atoms with Crippen LogP contribution in [0.1, 0.15) is 18.4 Å². The fourth-order valence-electron chi connectivity index (χ4n) is 3.68. The normalized spacial score (nSPS) is 15.9. The molecule has 0 bridgehead atoms. The van der Waals surface area contributed by atoms with Gasteiger partial charge < -0.3 is 14.2 Å². The lowest BCUT2D eigenvalue weighted by atomic mass is 10.1. The highest BCUT2D eigenvalue weighted by Gasteiger charge is 2.27. The van der Waals surface area contributed by atoms with E-state index in [0.717, 1.165) is 35.5 Å². The number of thioether (sulfide) groups is 1. The van der Waals surface area contributed by atoms with Crippen LogP contribution in [0.25, 0.3) is 10.2 Å². The minimum absolute atomic E-state index is 0.00407. The van der Waals surface area contributed by atoms with Crippen LogP contribution in [0, 0.1) is 0 Å². The molecule has 8 heteroatoms. The van der Waals surface area contributed by atoms with E-state index in [0.29, 0.717) is 29.4 Å². The zero-order chi connectivity index (χ0) is 21.8. The summed E-state index contributed by atoms with van der Waals surface area (Å²) >= 11 is 3.13. The minimum atomic E-state index is 0.00407. The molecule has 2 heterocycles. The lowest BCUT2D eigenvalue weighted by Gasteiger charge is -2.23. The molecule has 1 aliphatic heterocycles. The molecule has 0 saturated carbocycles. The van der Waals surface area contributed by atoms with Crippen molar-refractivity contribution in [3.8, 4) is 11.5 Å². The molecule has 1 saturated heterocycles. The van der Waals surface area contributed by atoms with Gasteiger partial charge in [0.1, 0.15) is 21.7 Å². The maximum absolute atomic E-state index is 13.4. The van der Waals surface area contributed by atoms with E-state index >= 15 is 0 Å². The van der Waals surface area contributed by atoms with E-state index in [-0.39, 0.29) is 12.0 Å². The molecule has 1 aliphatic rings. The van der Waals surface area contributed by atoms with Gasteiger partial charge in [-0.05, 0) is 48.9 Å². The van der Waals surface area contributed by atoms with Gasteiger partial charge in [-0.2, -0.15) is 0 Å². The van der Waals surface area contributed by atoms with Gasteiger partial charge in [0.2, 0.25) is 5.91 Å². The van der Waals surface area contributed by atoms with Gasteiger partial charge in [-0.15, -0.1) is 11.8 Å². The van der Waals surface area contributed by atoms with E-state index in [1.165, 1.54) is 16.2 Å². The van der Waals surface area contributed by atoms with Crippen molar-refractivity contribution < 1.29 is 19.0 Å². The molecule has 6 nitrogen and oxygen atoms in total. The Bertz CT molecular complexity index is 1000. The number of rotatable bonds is 8. The number of nitrogens with zero attached hydrogens (tertiary/aromatic N) is 2. The van der Waals surface area contributed by atoms with Gasteiger partial charge >= 0.3 is 0 Å². The maximum atomic E-state index is 13.4. The number of fused-ring (bicyclic) bond motifs is 1. The lowest BCUT2D eigenvalue weighted by Crippen LogP contribution is -2.38. The standard InChI is InChI=1S/C23H26N2O4S2/c1-27-18-10-11-19(28-2)22-21(18)24-23(31-22)25(14-16-5-4-12-29-16)20(26)13-15-6-8-17(30-3)9-7-15/h6-11,16H,4-5,12-14H2,1-3H3. The second kappa shape index (κ2) is 9.89. The third-order valence-electron chi connectivity index (χ3n) is 5.36. The number of thiazole rings is 1. The van der Waals surface area contributed by atoms with Crippen LogP contribution in [0.2, 0.25) is 0 Å². The van der Waals surface area contributed by atoms with Gasteiger partial charge in [0, 0.05) is 11.5 Å². The quantitative estimate of drug-likeness (QED) is 0.452. The predicted molar refractivity (Wildman–Crippen MR) is 126 cm³/mol. The summed E-state index contributed by atoms with van der Waals surface area (Å²) in [5, 5.41) is 0.638. The maximum Gasteiger partial charge on any atom is 0.233 e. The van der Waals surface area contributed by atoms with E-state index in [1.54, 1.807) is 30.9 Å². The smallest absolute Gasteiger partial charge is 0.233 e. The molecule has 2 aromatic carbocycles. The van der Waals surface area contributed by atoms with E-state index < -0.39 is 0 Å². The number of aromatic nitrogens is 1. The van der Waals surface area contributed by atoms with Crippen molar-refractivity contribution in [1.29, 1.82) is 0 Å². The minimum Gasteiger partial charge on any atom is -0.495 e. The Hall–Kier alpha value is -2.29. The molecular formula is C23H26N2O4S2. The zero-order valence-corrected chi connectivity index (χ0v) is 19.6. The summed E-state index contributed by atoms with van der Waals surface area (Å²) in [7, 11) is 3.25. The second-order valence-electron chi connectivity index (χ2n) is 7.31. The van der Waals surface area contributed by atoms with Crippen molar-refractivity contribution >= 4 is 44.4 Å². The molecule has 164 valence electrons. The molecule has 31 heavy (non-hydrogen) atoms. The van der Waals surface area contributed by atoms with Gasteiger partial charge in [-0.3, -0.25) is 9.69 Å². The topological polar surface area (TPSA) is 60.9 Å². The second-order valence-corrected chi connectivity index (χ2v) is 9.17. The number of hydrogen-bond acceptors (Lipinski definition) is 7. The summed E-state index contributed by atoms with van der Waals surface area (Å²) in [5.41, 5.74) is 1.69. The molecule has 3 aromatic rings. The largest absolute Gasteiger partial charge is 0.495 e. The number of benzene rings is 2. The molecule has 1 amide bonds. The van der Waals surface area contributed by atoms with Gasteiger partial charge in [-0.1, -0.05) is 23.5 Å². The van der Waals surface area contributed by atoms with Crippen LogP contribution in [0.5, 0.6) is 11.5 Å². The molecule has 1 atom stereocenters. The predicted octanol–water partition coefficient (Wildman–Crippen LogP) is 4.79. The Morgan fingerprint density at radius 1 is 1.19 bits per heavy atom. The Morgan fingerprint density at radius 3 is 2.58 bits per heavy atom. The highest BCUT2D eigenvalue weighted by Crippen LogP contribution is 2.40. The number of hydrogen-bond donors (Lipinski definition) is 0. The first-order valence-electron chi connectivity index (χ1n) is 10.2. The molecule has 0 radical (unpaired) electrons. The van der Waals surface area contributed by atoms with Crippen LogP contribution in [-0.2, 0) is 16.0 Å². The Balaban J connectivity index is 1.67. The highest BCUT2D eigenvalue weighted by molar-refractivity contribution is 7.98. The van der Waals surface area contributed by atoms with Gasteiger partial charge in [0.25, 0.3) is 0 Å². The Labute approximate surface area is 190 Å². The first-order chi connectivity index (χ1) is 15.1. The van der Waals surface area contributed by atoms with Crippen LogP contribution >= 0.6 is 23.1 Å². The molecule has 1 fully saturated rings. The van der Waals surface area contributed by atoms with E-state index in [2.05, 4.69) is 0 Å². The fraction of sp³-hybridized carbons (Fsp3) is 0.391. The molecule has 4 rings (SSSR count). The summed E-state index contributed by atoms with van der Waals surface area (Å²) in [6, 6.07) is 11.8. The highest BCUT2D eigenvalue weighted by atomic mass is 32.2. The van der Waals surface area contributed by atoms with Crippen molar-refractivity contribution in [3.63, 3.8) is 0 Å². The number of ether oxygens (including phenoxy) is 3. The molecule has 1 aromatic heterocycles. The first-order valence-corrected chi connectivity index (χ1v) is 12.2. The molecular weight excluding hydrogens is 432 g/mol. The van der Waals surface area contributed by atoms with Crippen LogP contribution in [0.4, 0.5) is 5.13 Å². The summed E-state index contributed by atoms with van der Waals surface area (Å²) in [4.78, 5) is 21.1. The van der Waals surface area contributed by atoms with E-state index in [4.69, 9.17) is 19.2 Å².